The van der Waals surface area contributed by atoms with Crippen LogP contribution in [0.5, 0.6) is 0 Å². The number of piperidine rings is 1. The third-order valence-electron chi connectivity index (χ3n) is 4.62. The molecule has 3 rings (SSSR count). The smallest absolute Gasteiger partial charge is 0.0593 e. The van der Waals surface area contributed by atoms with Crippen LogP contribution in [0.2, 0.25) is 0 Å². The maximum Gasteiger partial charge on any atom is 0.0593 e. The van der Waals surface area contributed by atoms with Gasteiger partial charge in [-0.25, -0.2) is 0 Å². The number of hydrogen-bond donors (Lipinski definition) is 1. The van der Waals surface area contributed by atoms with E-state index in [2.05, 4.69) is 40.2 Å². The summed E-state index contributed by atoms with van der Waals surface area (Å²) in [5.41, 5.74) is 1.78. The Bertz CT molecular complexity index is 409. The molecule has 1 N–H and O–H groups in total. The number of aromatic nitrogens is 1. The zero-order valence-corrected chi connectivity index (χ0v) is 11.9. The van der Waals surface area contributed by atoms with Gasteiger partial charge < -0.3 is 14.6 Å². The zero-order chi connectivity index (χ0) is 13.1. The molecule has 2 fully saturated rings. The summed E-state index contributed by atoms with van der Waals surface area (Å²) in [4.78, 5) is 2.58. The number of hydrogen-bond acceptors (Lipinski definition) is 3. The number of aryl methyl sites for hydroxylation is 1. The van der Waals surface area contributed by atoms with Crippen LogP contribution in [0.25, 0.3) is 0 Å². The zero-order valence-electron chi connectivity index (χ0n) is 11.9. The van der Waals surface area contributed by atoms with Gasteiger partial charge in [0.2, 0.25) is 0 Å². The van der Waals surface area contributed by atoms with Gasteiger partial charge in [-0.05, 0) is 38.1 Å². The Hall–Kier alpha value is -0.840. The van der Waals surface area contributed by atoms with Gasteiger partial charge in [-0.2, -0.15) is 0 Å². The molecule has 0 radical (unpaired) electrons. The first-order chi connectivity index (χ1) is 9.27. The van der Waals surface area contributed by atoms with Crippen molar-refractivity contribution in [2.75, 3.05) is 39.4 Å². The van der Waals surface area contributed by atoms with Gasteiger partial charge >= 0.3 is 0 Å². The molecular weight excluding hydrogens is 238 g/mol. The van der Waals surface area contributed by atoms with Crippen LogP contribution in [-0.2, 0) is 18.3 Å². The van der Waals surface area contributed by atoms with E-state index in [1.54, 1.807) is 0 Å². The van der Waals surface area contributed by atoms with Crippen LogP contribution in [0.1, 0.15) is 18.5 Å². The average molecular weight is 263 g/mol. The molecule has 0 aromatic carbocycles. The van der Waals surface area contributed by atoms with Gasteiger partial charge in [0.1, 0.15) is 0 Å². The van der Waals surface area contributed by atoms with Gasteiger partial charge in [-0.3, -0.25) is 4.90 Å². The van der Waals surface area contributed by atoms with E-state index in [4.69, 9.17) is 4.74 Å². The van der Waals surface area contributed by atoms with Gasteiger partial charge in [0.25, 0.3) is 0 Å². The fraction of sp³-hybridized carbons (Fsp3) is 0.733. The largest absolute Gasteiger partial charge is 0.379 e. The standard InChI is InChI=1S/C15H25N3O/c1-17-8-2-3-14(17)11-18-9-10-19-13-15(12-18)4-6-16-7-5-15/h2-3,8,16H,4-7,9-13H2,1H3. The predicted molar refractivity (Wildman–Crippen MR) is 76.0 cm³/mol. The van der Waals surface area contributed by atoms with Crippen molar-refractivity contribution in [3.63, 3.8) is 0 Å². The molecule has 0 saturated carbocycles. The Morgan fingerprint density at radius 3 is 2.95 bits per heavy atom. The first-order valence-electron chi connectivity index (χ1n) is 7.39. The van der Waals surface area contributed by atoms with Gasteiger partial charge in [0, 0.05) is 44.0 Å². The summed E-state index contributed by atoms with van der Waals surface area (Å²) in [6, 6.07) is 4.35. The normalized spacial score (nSPS) is 24.5. The van der Waals surface area contributed by atoms with Crippen molar-refractivity contribution in [1.82, 2.24) is 14.8 Å². The molecule has 4 heteroatoms. The van der Waals surface area contributed by atoms with E-state index in [1.807, 2.05) is 0 Å². The molecule has 106 valence electrons. The summed E-state index contributed by atoms with van der Waals surface area (Å²) in [5, 5.41) is 3.47. The number of ether oxygens (including phenoxy) is 1. The molecule has 0 bridgehead atoms. The second kappa shape index (κ2) is 5.65. The van der Waals surface area contributed by atoms with Crippen molar-refractivity contribution < 1.29 is 4.74 Å². The molecule has 2 aliphatic heterocycles. The lowest BCUT2D eigenvalue weighted by molar-refractivity contribution is 0.0443. The van der Waals surface area contributed by atoms with Crippen LogP contribution in [0.15, 0.2) is 18.3 Å². The van der Waals surface area contributed by atoms with Crippen LogP contribution >= 0.6 is 0 Å². The van der Waals surface area contributed by atoms with Crippen molar-refractivity contribution in [2.45, 2.75) is 19.4 Å². The molecule has 4 nitrogen and oxygen atoms in total. The third-order valence-corrected chi connectivity index (χ3v) is 4.62. The van der Waals surface area contributed by atoms with Gasteiger partial charge in [-0.1, -0.05) is 0 Å². The van der Waals surface area contributed by atoms with Gasteiger partial charge in [0.05, 0.1) is 13.2 Å². The van der Waals surface area contributed by atoms with Crippen LogP contribution in [-0.4, -0.2) is 48.9 Å². The second-order valence-electron chi connectivity index (χ2n) is 6.12. The highest BCUT2D eigenvalue weighted by Gasteiger charge is 2.35. The fourth-order valence-corrected chi connectivity index (χ4v) is 3.37. The minimum absolute atomic E-state index is 0.382. The van der Waals surface area contributed by atoms with E-state index in [0.29, 0.717) is 5.41 Å². The third kappa shape index (κ3) is 3.02. The molecule has 0 atom stereocenters. The van der Waals surface area contributed by atoms with Crippen LogP contribution in [0, 0.1) is 5.41 Å². The Morgan fingerprint density at radius 1 is 1.37 bits per heavy atom. The van der Waals surface area contributed by atoms with Crippen molar-refractivity contribution in [3.8, 4) is 0 Å². The molecule has 19 heavy (non-hydrogen) atoms. The van der Waals surface area contributed by atoms with E-state index in [-0.39, 0.29) is 0 Å². The molecule has 0 aliphatic carbocycles. The van der Waals surface area contributed by atoms with Crippen molar-refractivity contribution >= 4 is 0 Å². The van der Waals surface area contributed by atoms with E-state index < -0.39 is 0 Å². The molecule has 1 aromatic rings. The second-order valence-corrected chi connectivity index (χ2v) is 6.12. The van der Waals surface area contributed by atoms with Gasteiger partial charge in [-0.15, -0.1) is 0 Å². The van der Waals surface area contributed by atoms with Crippen LogP contribution in [0.4, 0.5) is 0 Å². The SMILES string of the molecule is Cn1cccc1CN1CCOCC2(CCNCC2)C1. The molecule has 1 aromatic heterocycles. The molecule has 3 heterocycles. The van der Waals surface area contributed by atoms with Gasteiger partial charge in [0.15, 0.2) is 0 Å². The average Bonchev–Trinajstić information content (AvgIpc) is 2.71. The highest BCUT2D eigenvalue weighted by molar-refractivity contribution is 5.06. The fourth-order valence-electron chi connectivity index (χ4n) is 3.37. The van der Waals surface area contributed by atoms with Crippen LogP contribution < -0.4 is 5.32 Å². The van der Waals surface area contributed by atoms with E-state index >= 15 is 0 Å². The number of nitrogens with zero attached hydrogens (tertiary/aromatic N) is 2. The topological polar surface area (TPSA) is 29.4 Å². The van der Waals surface area contributed by atoms with Crippen molar-refractivity contribution in [1.29, 1.82) is 0 Å². The summed E-state index contributed by atoms with van der Waals surface area (Å²) < 4.78 is 8.11. The van der Waals surface area contributed by atoms with E-state index in [1.165, 1.54) is 25.1 Å². The Morgan fingerprint density at radius 2 is 2.21 bits per heavy atom. The lowest BCUT2D eigenvalue weighted by atomic mass is 9.79. The minimum atomic E-state index is 0.382. The Kier molecular flexibility index (Phi) is 3.91. The van der Waals surface area contributed by atoms with E-state index in [9.17, 15) is 0 Å². The Labute approximate surface area is 115 Å². The molecule has 0 unspecified atom stereocenters. The quantitative estimate of drug-likeness (QED) is 0.870. The maximum atomic E-state index is 5.89. The summed E-state index contributed by atoms with van der Waals surface area (Å²) in [6.45, 7) is 7.38. The summed E-state index contributed by atoms with van der Waals surface area (Å²) in [5.74, 6) is 0. The first kappa shape index (κ1) is 13.2. The molecule has 2 aliphatic rings. The lowest BCUT2D eigenvalue weighted by Crippen LogP contribution is -2.45. The highest BCUT2D eigenvalue weighted by Crippen LogP contribution is 2.32. The summed E-state index contributed by atoms with van der Waals surface area (Å²) in [7, 11) is 2.13. The minimum Gasteiger partial charge on any atom is -0.379 e. The first-order valence-corrected chi connectivity index (χ1v) is 7.39. The number of nitrogens with one attached hydrogen (secondary N) is 1. The molecule has 2 saturated heterocycles. The van der Waals surface area contributed by atoms with Crippen LogP contribution in [0.3, 0.4) is 0 Å². The monoisotopic (exact) mass is 263 g/mol. The summed E-state index contributed by atoms with van der Waals surface area (Å²) >= 11 is 0. The highest BCUT2D eigenvalue weighted by atomic mass is 16.5. The number of rotatable bonds is 2. The van der Waals surface area contributed by atoms with E-state index in [0.717, 1.165) is 39.4 Å². The predicted octanol–water partition coefficient (Wildman–Crippen LogP) is 1.23. The molecule has 1 spiro atoms. The lowest BCUT2D eigenvalue weighted by Gasteiger charge is -2.38. The van der Waals surface area contributed by atoms with Crippen molar-refractivity contribution in [3.05, 3.63) is 24.0 Å². The summed E-state index contributed by atoms with van der Waals surface area (Å²) in [6.07, 6.45) is 4.62. The maximum absolute atomic E-state index is 5.89. The molecular formula is C15H25N3O. The molecule has 0 amide bonds. The van der Waals surface area contributed by atoms with Crippen molar-refractivity contribution in [2.24, 2.45) is 12.5 Å². The Balaban J connectivity index is 1.69.